The van der Waals surface area contributed by atoms with E-state index in [9.17, 15) is 13.2 Å². The van der Waals surface area contributed by atoms with E-state index < -0.39 is 21.5 Å². The van der Waals surface area contributed by atoms with Gasteiger partial charge in [0.2, 0.25) is 15.9 Å². The van der Waals surface area contributed by atoms with Gasteiger partial charge in [-0.2, -0.15) is 0 Å². The fraction of sp³-hybridized carbons (Fsp3) is 0.462. The molecule has 0 radical (unpaired) electrons. The van der Waals surface area contributed by atoms with Crippen LogP contribution in [-0.2, 0) is 10.0 Å². The zero-order valence-electron chi connectivity index (χ0n) is 11.6. The average molecular weight is 300 g/mol. The molecule has 20 heavy (non-hydrogen) atoms. The maximum absolute atomic E-state index is 12.3. The Balaban J connectivity index is 3.01. The highest BCUT2D eigenvalue weighted by molar-refractivity contribution is 7.89. The van der Waals surface area contributed by atoms with Gasteiger partial charge in [0, 0.05) is 17.7 Å². The standard InChI is InChI=1S/C13H20N2O4S/c1-3-13(2,8-9-16)15-20(18,19)11-6-4-10(5-7-11)12(14)17/h4-7,15-16H,3,8-9H2,1-2H3,(H2,14,17). The van der Waals surface area contributed by atoms with Crippen molar-refractivity contribution in [3.8, 4) is 0 Å². The lowest BCUT2D eigenvalue weighted by Crippen LogP contribution is -2.46. The van der Waals surface area contributed by atoms with Crippen molar-refractivity contribution >= 4 is 15.9 Å². The Morgan fingerprint density at radius 1 is 1.35 bits per heavy atom. The molecule has 6 nitrogen and oxygen atoms in total. The van der Waals surface area contributed by atoms with Gasteiger partial charge >= 0.3 is 0 Å². The van der Waals surface area contributed by atoms with E-state index in [1.165, 1.54) is 24.3 Å². The topological polar surface area (TPSA) is 109 Å². The molecule has 0 saturated carbocycles. The number of nitrogens with two attached hydrogens (primary N) is 1. The molecule has 1 amide bonds. The van der Waals surface area contributed by atoms with Crippen LogP contribution in [-0.4, -0.2) is 31.6 Å². The molecule has 4 N–H and O–H groups in total. The van der Waals surface area contributed by atoms with Crippen molar-refractivity contribution in [1.29, 1.82) is 0 Å². The van der Waals surface area contributed by atoms with Gasteiger partial charge < -0.3 is 10.8 Å². The van der Waals surface area contributed by atoms with Gasteiger partial charge in [0.25, 0.3) is 0 Å². The molecule has 0 heterocycles. The highest BCUT2D eigenvalue weighted by atomic mass is 32.2. The quantitative estimate of drug-likeness (QED) is 0.685. The molecule has 0 spiro atoms. The number of rotatable bonds is 7. The molecular weight excluding hydrogens is 280 g/mol. The monoisotopic (exact) mass is 300 g/mol. The summed E-state index contributed by atoms with van der Waals surface area (Å²) in [4.78, 5) is 11.0. The molecule has 112 valence electrons. The van der Waals surface area contributed by atoms with Crippen LogP contribution in [0.2, 0.25) is 0 Å². The lowest BCUT2D eigenvalue weighted by molar-refractivity contribution is 0.1000. The number of primary amides is 1. The summed E-state index contributed by atoms with van der Waals surface area (Å²) in [5, 5.41) is 9.01. The minimum atomic E-state index is -3.71. The molecule has 0 fully saturated rings. The Morgan fingerprint density at radius 2 is 1.90 bits per heavy atom. The highest BCUT2D eigenvalue weighted by Crippen LogP contribution is 2.19. The second-order valence-electron chi connectivity index (χ2n) is 4.88. The van der Waals surface area contributed by atoms with Gasteiger partial charge in [-0.3, -0.25) is 4.79 Å². The van der Waals surface area contributed by atoms with Crippen LogP contribution in [0.25, 0.3) is 0 Å². The van der Waals surface area contributed by atoms with Crippen molar-refractivity contribution < 1.29 is 18.3 Å². The molecule has 1 aromatic carbocycles. The predicted octanol–water partition coefficient (Wildman–Crippen LogP) is 0.615. The number of hydrogen-bond donors (Lipinski definition) is 3. The highest BCUT2D eigenvalue weighted by Gasteiger charge is 2.28. The van der Waals surface area contributed by atoms with E-state index in [4.69, 9.17) is 10.8 Å². The molecule has 0 aliphatic rings. The maximum Gasteiger partial charge on any atom is 0.248 e. The van der Waals surface area contributed by atoms with Crippen LogP contribution in [0.3, 0.4) is 0 Å². The van der Waals surface area contributed by atoms with Crippen molar-refractivity contribution in [1.82, 2.24) is 4.72 Å². The first-order valence-electron chi connectivity index (χ1n) is 6.29. The van der Waals surface area contributed by atoms with Crippen LogP contribution >= 0.6 is 0 Å². The minimum Gasteiger partial charge on any atom is -0.396 e. The summed E-state index contributed by atoms with van der Waals surface area (Å²) in [6, 6.07) is 5.40. The number of nitrogens with one attached hydrogen (secondary N) is 1. The summed E-state index contributed by atoms with van der Waals surface area (Å²) in [7, 11) is -3.71. The van der Waals surface area contributed by atoms with Crippen molar-refractivity contribution in [2.24, 2.45) is 5.73 Å². The fourth-order valence-electron chi connectivity index (χ4n) is 1.73. The number of amides is 1. The molecule has 1 atom stereocenters. The first kappa shape index (κ1) is 16.6. The molecule has 7 heteroatoms. The van der Waals surface area contributed by atoms with Gasteiger partial charge in [0.15, 0.2) is 0 Å². The Labute approximate surface area is 119 Å². The number of sulfonamides is 1. The van der Waals surface area contributed by atoms with Crippen molar-refractivity contribution in [3.63, 3.8) is 0 Å². The summed E-state index contributed by atoms with van der Waals surface area (Å²) in [6.07, 6.45) is 0.869. The van der Waals surface area contributed by atoms with Gasteiger partial charge in [-0.05, 0) is 44.0 Å². The molecule has 0 aromatic heterocycles. The van der Waals surface area contributed by atoms with Crippen LogP contribution in [0.5, 0.6) is 0 Å². The first-order valence-corrected chi connectivity index (χ1v) is 7.77. The Morgan fingerprint density at radius 3 is 2.30 bits per heavy atom. The number of aliphatic hydroxyl groups excluding tert-OH is 1. The Hall–Kier alpha value is -1.44. The van der Waals surface area contributed by atoms with Crippen LogP contribution < -0.4 is 10.5 Å². The summed E-state index contributed by atoms with van der Waals surface area (Å²) in [5.41, 5.74) is 4.64. The fourth-order valence-corrected chi connectivity index (χ4v) is 3.24. The second kappa shape index (κ2) is 6.34. The lowest BCUT2D eigenvalue weighted by atomic mass is 9.97. The summed E-state index contributed by atoms with van der Waals surface area (Å²) in [6.45, 7) is 3.47. The largest absolute Gasteiger partial charge is 0.396 e. The van der Waals surface area contributed by atoms with E-state index in [0.717, 1.165) is 0 Å². The smallest absolute Gasteiger partial charge is 0.248 e. The molecule has 1 aromatic rings. The van der Waals surface area contributed by atoms with Gasteiger partial charge in [0.1, 0.15) is 0 Å². The van der Waals surface area contributed by atoms with Crippen molar-refractivity contribution in [3.05, 3.63) is 29.8 Å². The molecule has 0 saturated heterocycles. The predicted molar refractivity (Wildman–Crippen MR) is 75.7 cm³/mol. The van der Waals surface area contributed by atoms with Crippen LogP contribution in [0.4, 0.5) is 0 Å². The SMILES string of the molecule is CCC(C)(CCO)NS(=O)(=O)c1ccc(C(N)=O)cc1. The van der Waals surface area contributed by atoms with Crippen LogP contribution in [0, 0.1) is 0 Å². The summed E-state index contributed by atoms with van der Waals surface area (Å²) >= 11 is 0. The van der Waals surface area contributed by atoms with E-state index >= 15 is 0 Å². The maximum atomic E-state index is 12.3. The van der Waals surface area contributed by atoms with Gasteiger partial charge in [-0.25, -0.2) is 13.1 Å². The third kappa shape index (κ3) is 4.03. The van der Waals surface area contributed by atoms with Gasteiger partial charge in [-0.1, -0.05) is 6.92 Å². The van der Waals surface area contributed by atoms with E-state index in [2.05, 4.69) is 4.72 Å². The summed E-state index contributed by atoms with van der Waals surface area (Å²) < 4.78 is 27.1. The average Bonchev–Trinajstić information content (AvgIpc) is 2.38. The summed E-state index contributed by atoms with van der Waals surface area (Å²) in [5.74, 6) is -0.611. The molecule has 0 aliphatic carbocycles. The number of aliphatic hydroxyl groups is 1. The molecule has 0 aliphatic heterocycles. The van der Waals surface area contributed by atoms with Crippen molar-refractivity contribution in [2.45, 2.75) is 37.1 Å². The van der Waals surface area contributed by atoms with Crippen molar-refractivity contribution in [2.75, 3.05) is 6.61 Å². The van der Waals surface area contributed by atoms with Gasteiger partial charge in [-0.15, -0.1) is 0 Å². The number of benzene rings is 1. The zero-order chi connectivity index (χ0) is 15.4. The van der Waals surface area contributed by atoms with Crippen LogP contribution in [0.1, 0.15) is 37.0 Å². The lowest BCUT2D eigenvalue weighted by Gasteiger charge is -2.28. The van der Waals surface area contributed by atoms with E-state index in [-0.39, 0.29) is 17.1 Å². The molecule has 0 bridgehead atoms. The number of carbonyl (C=O) groups excluding carboxylic acids is 1. The molecule has 1 rings (SSSR count). The second-order valence-corrected chi connectivity index (χ2v) is 6.56. The van der Waals surface area contributed by atoms with E-state index in [1.807, 2.05) is 6.92 Å². The third-order valence-corrected chi connectivity index (χ3v) is 4.93. The minimum absolute atomic E-state index is 0.0557. The first-order chi connectivity index (χ1) is 9.24. The van der Waals surface area contributed by atoms with E-state index in [0.29, 0.717) is 12.8 Å². The number of hydrogen-bond acceptors (Lipinski definition) is 4. The molecular formula is C13H20N2O4S. The van der Waals surface area contributed by atoms with E-state index in [1.54, 1.807) is 6.92 Å². The Kier molecular flexibility index (Phi) is 5.27. The van der Waals surface area contributed by atoms with Crippen LogP contribution in [0.15, 0.2) is 29.2 Å². The number of carbonyl (C=O) groups is 1. The van der Waals surface area contributed by atoms with Gasteiger partial charge in [0.05, 0.1) is 4.90 Å². The zero-order valence-corrected chi connectivity index (χ0v) is 12.4. The Bertz CT molecular complexity index is 569. The normalized spacial score (nSPS) is 14.8. The third-order valence-electron chi connectivity index (χ3n) is 3.27. The molecule has 1 unspecified atom stereocenters.